The summed E-state index contributed by atoms with van der Waals surface area (Å²) in [6.07, 6.45) is 11.4. The second-order valence-corrected chi connectivity index (χ2v) is 7.43. The number of unbranched alkanes of at least 4 members (excludes halogenated alkanes) is 6. The molecule has 158 valence electrons. The van der Waals surface area contributed by atoms with Crippen LogP contribution in [0.1, 0.15) is 96.5 Å². The van der Waals surface area contributed by atoms with Gasteiger partial charge in [0.15, 0.2) is 0 Å². The summed E-state index contributed by atoms with van der Waals surface area (Å²) in [6.45, 7) is 4.59. The topological polar surface area (TPSA) is 52.6 Å². The minimum Gasteiger partial charge on any atom is -0.462 e. The molecule has 1 aromatic carbocycles. The van der Waals surface area contributed by atoms with Crippen molar-refractivity contribution in [1.29, 1.82) is 0 Å². The molecule has 0 N–H and O–H groups in total. The lowest BCUT2D eigenvalue weighted by Crippen LogP contribution is -2.17. The molecule has 0 heterocycles. The monoisotopic (exact) mass is 390 g/mol. The van der Waals surface area contributed by atoms with Gasteiger partial charge in [0.1, 0.15) is 12.7 Å². The number of rotatable bonds is 16. The van der Waals surface area contributed by atoms with E-state index in [4.69, 9.17) is 9.47 Å². The maximum absolute atomic E-state index is 12.0. The fourth-order valence-electron chi connectivity index (χ4n) is 3.09. The Balaban J connectivity index is 2.05. The molecular weight excluding hydrogens is 352 g/mol. The standard InChI is InChI=1S/C24H38O4/c1-3-5-6-7-8-12-17-22(4-2)28-24(26)19-14-13-18-23(25)27-20-21-15-10-9-11-16-21/h9-11,15-16,22H,3-8,12-14,17-20H2,1-2H3. The van der Waals surface area contributed by atoms with Gasteiger partial charge in [0.25, 0.3) is 0 Å². The van der Waals surface area contributed by atoms with E-state index in [1.54, 1.807) is 0 Å². The molecule has 1 rings (SSSR count). The minimum absolute atomic E-state index is 0.0366. The van der Waals surface area contributed by atoms with Crippen LogP contribution in [0, 0.1) is 0 Å². The highest BCUT2D eigenvalue weighted by Crippen LogP contribution is 2.14. The average molecular weight is 391 g/mol. The maximum Gasteiger partial charge on any atom is 0.306 e. The van der Waals surface area contributed by atoms with Crippen LogP contribution in [0.5, 0.6) is 0 Å². The van der Waals surface area contributed by atoms with Crippen molar-refractivity contribution < 1.29 is 19.1 Å². The van der Waals surface area contributed by atoms with Gasteiger partial charge in [-0.2, -0.15) is 0 Å². The zero-order valence-electron chi connectivity index (χ0n) is 17.8. The highest BCUT2D eigenvalue weighted by molar-refractivity contribution is 5.70. The van der Waals surface area contributed by atoms with E-state index in [2.05, 4.69) is 13.8 Å². The van der Waals surface area contributed by atoms with Gasteiger partial charge in [-0.15, -0.1) is 0 Å². The lowest BCUT2D eigenvalue weighted by atomic mass is 10.1. The van der Waals surface area contributed by atoms with Crippen LogP contribution in [-0.4, -0.2) is 18.0 Å². The lowest BCUT2D eigenvalue weighted by Gasteiger charge is -2.16. The molecule has 0 saturated heterocycles. The van der Waals surface area contributed by atoms with Gasteiger partial charge in [0.05, 0.1) is 0 Å². The van der Waals surface area contributed by atoms with E-state index in [1.807, 2.05) is 30.3 Å². The van der Waals surface area contributed by atoms with Gasteiger partial charge < -0.3 is 9.47 Å². The van der Waals surface area contributed by atoms with E-state index >= 15 is 0 Å². The first-order valence-electron chi connectivity index (χ1n) is 11.0. The normalized spacial score (nSPS) is 11.8. The van der Waals surface area contributed by atoms with Crippen molar-refractivity contribution in [3.05, 3.63) is 35.9 Å². The van der Waals surface area contributed by atoms with Crippen molar-refractivity contribution in [2.75, 3.05) is 0 Å². The summed E-state index contributed by atoms with van der Waals surface area (Å²) in [5, 5.41) is 0. The summed E-state index contributed by atoms with van der Waals surface area (Å²) in [5.41, 5.74) is 0.982. The predicted octanol–water partition coefficient (Wildman–Crippen LogP) is 6.36. The van der Waals surface area contributed by atoms with Gasteiger partial charge >= 0.3 is 11.9 Å². The highest BCUT2D eigenvalue weighted by atomic mass is 16.5. The van der Waals surface area contributed by atoms with Crippen LogP contribution in [0.4, 0.5) is 0 Å². The SMILES string of the molecule is CCCCCCCCC(CC)OC(=O)CCCCC(=O)OCc1ccccc1. The summed E-state index contributed by atoms with van der Waals surface area (Å²) in [5.74, 6) is -0.359. The summed E-state index contributed by atoms with van der Waals surface area (Å²) in [6, 6.07) is 9.63. The Labute approximate surface area is 171 Å². The van der Waals surface area contributed by atoms with Crippen LogP contribution in [-0.2, 0) is 25.7 Å². The Morgan fingerprint density at radius 2 is 1.46 bits per heavy atom. The van der Waals surface area contributed by atoms with Crippen molar-refractivity contribution in [3.63, 3.8) is 0 Å². The molecule has 0 aromatic heterocycles. The Morgan fingerprint density at radius 3 is 2.14 bits per heavy atom. The van der Waals surface area contributed by atoms with Crippen LogP contribution in [0.15, 0.2) is 30.3 Å². The summed E-state index contributed by atoms with van der Waals surface area (Å²) in [4.78, 5) is 23.8. The lowest BCUT2D eigenvalue weighted by molar-refractivity contribution is -0.150. The van der Waals surface area contributed by atoms with E-state index in [-0.39, 0.29) is 18.0 Å². The maximum atomic E-state index is 12.0. The van der Waals surface area contributed by atoms with Gasteiger partial charge in [0.2, 0.25) is 0 Å². The van der Waals surface area contributed by atoms with E-state index < -0.39 is 0 Å². The van der Waals surface area contributed by atoms with Crippen LogP contribution in [0.3, 0.4) is 0 Å². The second-order valence-electron chi connectivity index (χ2n) is 7.43. The third-order valence-corrected chi connectivity index (χ3v) is 4.89. The Kier molecular flexibility index (Phi) is 14.0. The first-order valence-corrected chi connectivity index (χ1v) is 11.0. The van der Waals surface area contributed by atoms with Gasteiger partial charge in [0, 0.05) is 12.8 Å². The average Bonchev–Trinajstić information content (AvgIpc) is 2.72. The number of carbonyl (C=O) groups excluding carboxylic acids is 2. The largest absolute Gasteiger partial charge is 0.462 e. The Hall–Kier alpha value is -1.84. The highest BCUT2D eigenvalue weighted by Gasteiger charge is 2.12. The summed E-state index contributed by atoms with van der Waals surface area (Å²) < 4.78 is 10.8. The van der Waals surface area contributed by atoms with Gasteiger partial charge in [-0.05, 0) is 37.7 Å². The molecule has 0 saturated carbocycles. The molecule has 1 aromatic rings. The van der Waals surface area contributed by atoms with E-state index in [0.717, 1.165) is 24.8 Å². The first-order chi connectivity index (χ1) is 13.7. The second kappa shape index (κ2) is 16.1. The van der Waals surface area contributed by atoms with Crippen molar-refractivity contribution in [2.45, 2.75) is 104 Å². The van der Waals surface area contributed by atoms with Crippen molar-refractivity contribution in [1.82, 2.24) is 0 Å². The van der Waals surface area contributed by atoms with Gasteiger partial charge in [-0.1, -0.05) is 76.3 Å². The van der Waals surface area contributed by atoms with Crippen molar-refractivity contribution >= 4 is 11.9 Å². The number of esters is 2. The molecule has 0 radical (unpaired) electrons. The molecular formula is C24H38O4. The zero-order valence-corrected chi connectivity index (χ0v) is 17.8. The van der Waals surface area contributed by atoms with Crippen LogP contribution in [0.2, 0.25) is 0 Å². The predicted molar refractivity (Wildman–Crippen MR) is 113 cm³/mol. The molecule has 0 bridgehead atoms. The van der Waals surface area contributed by atoms with Crippen molar-refractivity contribution in [3.8, 4) is 0 Å². The molecule has 4 nitrogen and oxygen atoms in total. The minimum atomic E-state index is -0.216. The molecule has 28 heavy (non-hydrogen) atoms. The van der Waals surface area contributed by atoms with Crippen LogP contribution >= 0.6 is 0 Å². The fraction of sp³-hybridized carbons (Fsp3) is 0.667. The van der Waals surface area contributed by atoms with Crippen molar-refractivity contribution in [2.24, 2.45) is 0 Å². The van der Waals surface area contributed by atoms with Gasteiger partial charge in [-0.25, -0.2) is 0 Å². The number of benzene rings is 1. The molecule has 4 heteroatoms. The zero-order chi connectivity index (χ0) is 20.5. The van der Waals surface area contributed by atoms with E-state index in [0.29, 0.717) is 32.3 Å². The molecule has 1 unspecified atom stereocenters. The van der Waals surface area contributed by atoms with E-state index in [1.165, 1.54) is 32.1 Å². The summed E-state index contributed by atoms with van der Waals surface area (Å²) >= 11 is 0. The number of carbonyl (C=O) groups is 2. The van der Waals surface area contributed by atoms with Crippen LogP contribution in [0.25, 0.3) is 0 Å². The third-order valence-electron chi connectivity index (χ3n) is 4.89. The Bertz CT molecular complexity index is 527. The smallest absolute Gasteiger partial charge is 0.306 e. The third kappa shape index (κ3) is 12.5. The molecule has 0 aliphatic carbocycles. The van der Waals surface area contributed by atoms with Gasteiger partial charge in [-0.3, -0.25) is 9.59 Å². The molecule has 0 fully saturated rings. The molecule has 0 amide bonds. The number of hydrogen-bond acceptors (Lipinski definition) is 4. The Morgan fingerprint density at radius 1 is 0.821 bits per heavy atom. The summed E-state index contributed by atoms with van der Waals surface area (Å²) in [7, 11) is 0. The molecule has 0 aliphatic heterocycles. The fourth-order valence-corrected chi connectivity index (χ4v) is 3.09. The van der Waals surface area contributed by atoms with E-state index in [9.17, 15) is 9.59 Å². The quantitative estimate of drug-likeness (QED) is 0.243. The van der Waals surface area contributed by atoms with Crippen LogP contribution < -0.4 is 0 Å². The number of hydrogen-bond donors (Lipinski definition) is 0. The molecule has 0 spiro atoms. The first kappa shape index (κ1) is 24.2. The number of ether oxygens (including phenoxy) is 2. The molecule has 0 aliphatic rings. The molecule has 1 atom stereocenters.